The number of anilines is 1. The summed E-state index contributed by atoms with van der Waals surface area (Å²) in [6, 6.07) is 7.71. The minimum Gasteiger partial charge on any atom is -0.367 e. The summed E-state index contributed by atoms with van der Waals surface area (Å²) >= 11 is 6.10. The molecule has 0 spiro atoms. The quantitative estimate of drug-likeness (QED) is 0.864. The van der Waals surface area contributed by atoms with E-state index in [1.54, 1.807) is 0 Å². The molecule has 20 heavy (non-hydrogen) atoms. The van der Waals surface area contributed by atoms with Gasteiger partial charge < -0.3 is 10.3 Å². The van der Waals surface area contributed by atoms with Crippen molar-refractivity contribution < 1.29 is 4.52 Å². The second kappa shape index (κ2) is 5.13. The van der Waals surface area contributed by atoms with Crippen molar-refractivity contribution in [3.8, 4) is 11.1 Å². The van der Waals surface area contributed by atoms with E-state index in [-0.39, 0.29) is 5.41 Å². The van der Waals surface area contributed by atoms with Gasteiger partial charge in [0, 0.05) is 10.4 Å². The molecule has 2 aromatic rings. The second-order valence-corrected chi connectivity index (χ2v) is 6.34. The van der Waals surface area contributed by atoms with Gasteiger partial charge in [0.15, 0.2) is 0 Å². The van der Waals surface area contributed by atoms with Gasteiger partial charge in [0.05, 0.1) is 11.3 Å². The molecule has 0 atom stereocenters. The smallest absolute Gasteiger partial charge is 0.230 e. The van der Waals surface area contributed by atoms with Gasteiger partial charge >= 0.3 is 0 Å². The molecule has 4 heteroatoms. The molecule has 3 nitrogen and oxygen atoms in total. The van der Waals surface area contributed by atoms with Crippen molar-refractivity contribution >= 4 is 17.5 Å². The molecule has 0 unspecified atom stereocenters. The Labute approximate surface area is 124 Å². The van der Waals surface area contributed by atoms with Gasteiger partial charge in [0.1, 0.15) is 0 Å². The number of aromatic nitrogens is 1. The first kappa shape index (κ1) is 13.5. The maximum Gasteiger partial charge on any atom is 0.230 e. The molecule has 0 amide bonds. The summed E-state index contributed by atoms with van der Waals surface area (Å²) in [5.74, 6) is 0.383. The standard InChI is InChI=1S/C16H19ClN2O/c1-16(8-3-2-4-9-16)14-13(15(18)20-19-14)11-6-5-7-12(17)10-11/h5-7,10H,2-4,8-9,18H2,1H3. The van der Waals surface area contributed by atoms with Crippen molar-refractivity contribution in [2.45, 2.75) is 44.4 Å². The lowest BCUT2D eigenvalue weighted by Crippen LogP contribution is -2.26. The van der Waals surface area contributed by atoms with E-state index < -0.39 is 0 Å². The minimum atomic E-state index is 0.0526. The molecule has 2 N–H and O–H groups in total. The molecule has 1 aliphatic carbocycles. The predicted molar refractivity (Wildman–Crippen MR) is 81.8 cm³/mol. The summed E-state index contributed by atoms with van der Waals surface area (Å²) in [6.45, 7) is 2.26. The van der Waals surface area contributed by atoms with Crippen molar-refractivity contribution in [1.29, 1.82) is 0 Å². The van der Waals surface area contributed by atoms with Gasteiger partial charge in [0.25, 0.3) is 0 Å². The summed E-state index contributed by atoms with van der Waals surface area (Å²) < 4.78 is 5.29. The van der Waals surface area contributed by atoms with E-state index in [4.69, 9.17) is 21.9 Å². The fourth-order valence-electron chi connectivity index (χ4n) is 3.21. The van der Waals surface area contributed by atoms with Crippen molar-refractivity contribution in [3.05, 3.63) is 35.0 Å². The molecule has 1 aromatic carbocycles. The number of benzene rings is 1. The first-order valence-electron chi connectivity index (χ1n) is 7.12. The lowest BCUT2D eigenvalue weighted by molar-refractivity contribution is 0.295. The molecular formula is C16H19ClN2O. The Kier molecular flexibility index (Phi) is 3.47. The van der Waals surface area contributed by atoms with Gasteiger partial charge in [0.2, 0.25) is 5.88 Å². The van der Waals surface area contributed by atoms with E-state index in [0.717, 1.165) is 29.7 Å². The average Bonchev–Trinajstić information content (AvgIpc) is 2.82. The number of hydrogen-bond acceptors (Lipinski definition) is 3. The van der Waals surface area contributed by atoms with Gasteiger partial charge in [-0.2, -0.15) is 0 Å². The highest BCUT2D eigenvalue weighted by atomic mass is 35.5. The second-order valence-electron chi connectivity index (χ2n) is 5.90. The Morgan fingerprint density at radius 3 is 2.70 bits per heavy atom. The van der Waals surface area contributed by atoms with Gasteiger partial charge in [-0.3, -0.25) is 0 Å². The summed E-state index contributed by atoms with van der Waals surface area (Å²) in [5.41, 5.74) is 8.95. The van der Waals surface area contributed by atoms with Crippen molar-refractivity contribution in [2.24, 2.45) is 0 Å². The molecule has 0 saturated heterocycles. The minimum absolute atomic E-state index is 0.0526. The van der Waals surface area contributed by atoms with Gasteiger partial charge in [-0.1, -0.05) is 55.1 Å². The van der Waals surface area contributed by atoms with Crippen molar-refractivity contribution in [2.75, 3.05) is 5.73 Å². The Hall–Kier alpha value is -1.48. The molecule has 0 radical (unpaired) electrons. The van der Waals surface area contributed by atoms with Crippen molar-refractivity contribution in [1.82, 2.24) is 5.16 Å². The zero-order chi connectivity index (χ0) is 14.2. The van der Waals surface area contributed by atoms with Crippen LogP contribution in [0.5, 0.6) is 0 Å². The van der Waals surface area contributed by atoms with Crippen LogP contribution in [0.25, 0.3) is 11.1 Å². The Balaban J connectivity index is 2.10. The molecule has 1 heterocycles. The highest BCUT2D eigenvalue weighted by Gasteiger charge is 2.35. The number of hydrogen-bond donors (Lipinski definition) is 1. The summed E-state index contributed by atoms with van der Waals surface area (Å²) in [5, 5.41) is 4.97. The molecule has 0 aliphatic heterocycles. The average molecular weight is 291 g/mol. The zero-order valence-electron chi connectivity index (χ0n) is 11.7. The van der Waals surface area contributed by atoms with Crippen LogP contribution in [0, 0.1) is 0 Å². The van der Waals surface area contributed by atoms with Crippen LogP contribution in [0.4, 0.5) is 5.88 Å². The number of nitrogens with two attached hydrogens (primary N) is 1. The van der Waals surface area contributed by atoms with Crippen LogP contribution in [0.3, 0.4) is 0 Å². The number of rotatable bonds is 2. The van der Waals surface area contributed by atoms with E-state index >= 15 is 0 Å². The third kappa shape index (κ3) is 2.31. The number of nitrogen functional groups attached to an aromatic ring is 1. The first-order valence-corrected chi connectivity index (χ1v) is 7.49. The fraction of sp³-hybridized carbons (Fsp3) is 0.438. The van der Waals surface area contributed by atoms with E-state index in [0.29, 0.717) is 10.9 Å². The zero-order valence-corrected chi connectivity index (χ0v) is 12.4. The van der Waals surface area contributed by atoms with Crippen LogP contribution >= 0.6 is 11.6 Å². The van der Waals surface area contributed by atoms with Crippen LogP contribution in [0.15, 0.2) is 28.8 Å². The summed E-state index contributed by atoms with van der Waals surface area (Å²) in [6.07, 6.45) is 6.03. The van der Waals surface area contributed by atoms with E-state index in [9.17, 15) is 0 Å². The summed E-state index contributed by atoms with van der Waals surface area (Å²) in [7, 11) is 0. The van der Waals surface area contributed by atoms with Crippen LogP contribution in [-0.2, 0) is 5.41 Å². The molecule has 1 aromatic heterocycles. The molecule has 106 valence electrons. The van der Waals surface area contributed by atoms with E-state index in [2.05, 4.69) is 12.1 Å². The van der Waals surface area contributed by atoms with Crippen LogP contribution in [0.2, 0.25) is 5.02 Å². The van der Waals surface area contributed by atoms with Gasteiger partial charge in [-0.15, -0.1) is 0 Å². The maximum absolute atomic E-state index is 6.10. The SMILES string of the molecule is CC1(c2noc(N)c2-c2cccc(Cl)c2)CCCCC1. The van der Waals surface area contributed by atoms with Crippen LogP contribution < -0.4 is 5.73 Å². The largest absolute Gasteiger partial charge is 0.367 e. The third-order valence-corrected chi connectivity index (χ3v) is 4.60. The molecule has 1 saturated carbocycles. The predicted octanol–water partition coefficient (Wildman–Crippen LogP) is 4.80. The molecule has 3 rings (SSSR count). The maximum atomic E-state index is 6.10. The van der Waals surface area contributed by atoms with Crippen LogP contribution in [0.1, 0.15) is 44.7 Å². The van der Waals surface area contributed by atoms with E-state index in [1.165, 1.54) is 19.3 Å². The highest BCUT2D eigenvalue weighted by molar-refractivity contribution is 6.30. The first-order chi connectivity index (χ1) is 9.60. The van der Waals surface area contributed by atoms with Crippen LogP contribution in [-0.4, -0.2) is 5.16 Å². The summed E-state index contributed by atoms with van der Waals surface area (Å²) in [4.78, 5) is 0. The normalized spacial score (nSPS) is 18.1. The van der Waals surface area contributed by atoms with Gasteiger partial charge in [-0.05, 0) is 30.5 Å². The molecule has 1 fully saturated rings. The molecule has 1 aliphatic rings. The molecular weight excluding hydrogens is 272 g/mol. The van der Waals surface area contributed by atoms with Gasteiger partial charge in [-0.25, -0.2) is 0 Å². The lowest BCUT2D eigenvalue weighted by Gasteiger charge is -2.32. The third-order valence-electron chi connectivity index (χ3n) is 4.36. The Morgan fingerprint density at radius 2 is 2.00 bits per heavy atom. The molecule has 0 bridgehead atoms. The number of halogens is 1. The lowest BCUT2D eigenvalue weighted by atomic mass is 9.72. The number of nitrogens with zero attached hydrogens (tertiary/aromatic N) is 1. The highest BCUT2D eigenvalue weighted by Crippen LogP contribution is 2.44. The fourth-order valence-corrected chi connectivity index (χ4v) is 3.40. The Morgan fingerprint density at radius 1 is 1.25 bits per heavy atom. The topological polar surface area (TPSA) is 52.0 Å². The van der Waals surface area contributed by atoms with Crippen molar-refractivity contribution in [3.63, 3.8) is 0 Å². The monoisotopic (exact) mass is 290 g/mol. The van der Waals surface area contributed by atoms with E-state index in [1.807, 2.05) is 24.3 Å². The Bertz CT molecular complexity index is 615.